The molecule has 0 saturated heterocycles. The molecule has 0 spiro atoms. The molecular weight excluding hydrogens is 454 g/mol. The molecule has 2 aromatic rings. The SMILES string of the molecule is COC(C)ON1C(=O)C(c2c(C)cc(C)cc2C)=C(OC(=O)c2ccccc2S(C)=O)C1(C)C. The van der Waals surface area contributed by atoms with E-state index in [1.165, 1.54) is 18.4 Å². The molecule has 182 valence electrons. The number of hydrogen-bond donors (Lipinski definition) is 0. The number of amides is 1. The van der Waals surface area contributed by atoms with Crippen LogP contribution in [0.15, 0.2) is 47.1 Å². The summed E-state index contributed by atoms with van der Waals surface area (Å²) in [5.74, 6) is -0.958. The quantitative estimate of drug-likeness (QED) is 0.425. The number of methoxy groups -OCH3 is 1. The van der Waals surface area contributed by atoms with Crippen molar-refractivity contribution in [2.24, 2.45) is 0 Å². The molecule has 2 aromatic carbocycles. The standard InChI is InChI=1S/C26H31NO6S/c1-15-13-16(2)21(17(3)14-15)22-23(26(5,6)27(24(22)28)33-18(4)31-7)32-25(29)19-11-9-10-12-20(19)34(8)30/h9-14,18H,1-8H3. The number of benzene rings is 2. The molecular formula is C26H31NO6S. The fourth-order valence-corrected chi connectivity index (χ4v) is 4.96. The Balaban J connectivity index is 2.20. The van der Waals surface area contributed by atoms with E-state index in [9.17, 15) is 13.8 Å². The highest BCUT2D eigenvalue weighted by atomic mass is 32.2. The second-order valence-electron chi connectivity index (χ2n) is 8.88. The van der Waals surface area contributed by atoms with E-state index in [0.717, 1.165) is 16.7 Å². The van der Waals surface area contributed by atoms with Crippen molar-refractivity contribution in [3.8, 4) is 0 Å². The monoisotopic (exact) mass is 485 g/mol. The van der Waals surface area contributed by atoms with Gasteiger partial charge in [-0.05, 0) is 70.4 Å². The van der Waals surface area contributed by atoms with Gasteiger partial charge in [-0.25, -0.2) is 14.7 Å². The summed E-state index contributed by atoms with van der Waals surface area (Å²) in [6.45, 7) is 11.0. The third-order valence-corrected chi connectivity index (χ3v) is 6.79. The summed E-state index contributed by atoms with van der Waals surface area (Å²) >= 11 is 0. The Morgan fingerprint density at radius 2 is 1.68 bits per heavy atom. The average Bonchev–Trinajstić information content (AvgIpc) is 2.93. The highest BCUT2D eigenvalue weighted by Gasteiger charge is 2.51. The number of aryl methyl sites for hydroxylation is 3. The lowest BCUT2D eigenvalue weighted by molar-refractivity contribution is -0.276. The molecule has 2 atom stereocenters. The first kappa shape index (κ1) is 25.8. The number of ether oxygens (including phenoxy) is 2. The van der Waals surface area contributed by atoms with Gasteiger partial charge in [-0.15, -0.1) is 0 Å². The molecule has 0 radical (unpaired) electrons. The van der Waals surface area contributed by atoms with Crippen molar-refractivity contribution in [1.82, 2.24) is 5.06 Å². The summed E-state index contributed by atoms with van der Waals surface area (Å²) in [5, 5.41) is 1.20. The summed E-state index contributed by atoms with van der Waals surface area (Å²) in [7, 11) is 0.0791. The maximum Gasteiger partial charge on any atom is 0.344 e. The number of carbonyl (C=O) groups is 2. The maximum absolute atomic E-state index is 13.7. The summed E-state index contributed by atoms with van der Waals surface area (Å²) in [6.07, 6.45) is 0.795. The van der Waals surface area contributed by atoms with Crippen molar-refractivity contribution in [2.75, 3.05) is 13.4 Å². The van der Waals surface area contributed by atoms with Gasteiger partial charge in [0.2, 0.25) is 0 Å². The zero-order valence-electron chi connectivity index (χ0n) is 20.8. The molecule has 1 aliphatic heterocycles. The summed E-state index contributed by atoms with van der Waals surface area (Å²) in [6, 6.07) is 10.5. The van der Waals surface area contributed by atoms with Crippen LogP contribution in [0.5, 0.6) is 0 Å². The second-order valence-corrected chi connectivity index (χ2v) is 10.2. The van der Waals surface area contributed by atoms with E-state index in [-0.39, 0.29) is 16.9 Å². The Morgan fingerprint density at radius 3 is 2.24 bits per heavy atom. The number of hydroxylamine groups is 2. The molecule has 0 fully saturated rings. The summed E-state index contributed by atoms with van der Waals surface area (Å²) < 4.78 is 23.4. The molecule has 7 nitrogen and oxygen atoms in total. The molecule has 0 aliphatic carbocycles. The third kappa shape index (κ3) is 4.71. The van der Waals surface area contributed by atoms with Crippen LogP contribution in [-0.4, -0.2) is 46.3 Å². The number of rotatable bonds is 7. The van der Waals surface area contributed by atoms with Crippen molar-refractivity contribution < 1.29 is 28.1 Å². The van der Waals surface area contributed by atoms with Crippen molar-refractivity contribution >= 4 is 28.2 Å². The lowest BCUT2D eigenvalue weighted by Gasteiger charge is -2.33. The van der Waals surface area contributed by atoms with Gasteiger partial charge < -0.3 is 9.47 Å². The number of hydrogen-bond acceptors (Lipinski definition) is 6. The number of nitrogens with zero attached hydrogens (tertiary/aromatic N) is 1. The van der Waals surface area contributed by atoms with Crippen molar-refractivity contribution in [2.45, 2.75) is 58.3 Å². The molecule has 1 amide bonds. The molecule has 0 bridgehead atoms. The second kappa shape index (κ2) is 9.82. The molecule has 1 heterocycles. The summed E-state index contributed by atoms with van der Waals surface area (Å²) in [5.41, 5.74) is 2.81. The Kier molecular flexibility index (Phi) is 7.45. The van der Waals surface area contributed by atoms with Gasteiger partial charge in [0.1, 0.15) is 11.3 Å². The maximum atomic E-state index is 13.7. The minimum Gasteiger partial charge on any atom is -0.424 e. The minimum atomic E-state index is -1.40. The van der Waals surface area contributed by atoms with Crippen LogP contribution in [0.2, 0.25) is 0 Å². The first-order valence-electron chi connectivity index (χ1n) is 10.9. The van der Waals surface area contributed by atoms with Gasteiger partial charge in [-0.3, -0.25) is 9.00 Å². The Morgan fingerprint density at radius 1 is 1.09 bits per heavy atom. The normalized spacial score (nSPS) is 17.2. The van der Waals surface area contributed by atoms with E-state index >= 15 is 0 Å². The molecule has 2 unspecified atom stereocenters. The van der Waals surface area contributed by atoms with Crippen molar-refractivity contribution in [3.05, 3.63) is 70.0 Å². The van der Waals surface area contributed by atoms with Gasteiger partial charge in [0.25, 0.3) is 5.91 Å². The lowest BCUT2D eigenvalue weighted by Crippen LogP contribution is -2.46. The lowest BCUT2D eigenvalue weighted by atomic mass is 9.91. The molecule has 0 saturated carbocycles. The third-order valence-electron chi connectivity index (χ3n) is 5.81. The van der Waals surface area contributed by atoms with Crippen LogP contribution >= 0.6 is 0 Å². The van der Waals surface area contributed by atoms with E-state index in [4.69, 9.17) is 14.3 Å². The van der Waals surface area contributed by atoms with Crippen LogP contribution in [0.4, 0.5) is 0 Å². The van der Waals surface area contributed by atoms with Crippen LogP contribution in [0, 0.1) is 20.8 Å². The van der Waals surface area contributed by atoms with E-state index in [1.807, 2.05) is 32.9 Å². The van der Waals surface area contributed by atoms with E-state index in [1.54, 1.807) is 45.0 Å². The van der Waals surface area contributed by atoms with Gasteiger partial charge in [0, 0.05) is 13.4 Å². The summed E-state index contributed by atoms with van der Waals surface area (Å²) in [4.78, 5) is 33.2. The van der Waals surface area contributed by atoms with Gasteiger partial charge >= 0.3 is 5.97 Å². The fourth-order valence-electron chi connectivity index (χ4n) is 4.23. The van der Waals surface area contributed by atoms with Gasteiger partial charge in [0.05, 0.1) is 26.8 Å². The van der Waals surface area contributed by atoms with Gasteiger partial charge in [-0.1, -0.05) is 29.8 Å². The predicted octanol–water partition coefficient (Wildman–Crippen LogP) is 4.46. The van der Waals surface area contributed by atoms with Crippen molar-refractivity contribution in [1.29, 1.82) is 0 Å². The highest BCUT2D eigenvalue weighted by molar-refractivity contribution is 7.84. The fraction of sp³-hybridized carbons (Fsp3) is 0.385. The predicted molar refractivity (Wildman–Crippen MR) is 130 cm³/mol. The smallest absolute Gasteiger partial charge is 0.344 e. The van der Waals surface area contributed by atoms with Crippen molar-refractivity contribution in [3.63, 3.8) is 0 Å². The topological polar surface area (TPSA) is 82.1 Å². The van der Waals surface area contributed by atoms with Crippen LogP contribution in [0.1, 0.15) is 53.4 Å². The minimum absolute atomic E-state index is 0.164. The van der Waals surface area contributed by atoms with E-state index in [2.05, 4.69) is 0 Å². The van der Waals surface area contributed by atoms with E-state index < -0.39 is 34.5 Å². The molecule has 3 rings (SSSR count). The largest absolute Gasteiger partial charge is 0.424 e. The van der Waals surface area contributed by atoms with Crippen LogP contribution in [0.25, 0.3) is 5.57 Å². The first-order chi connectivity index (χ1) is 15.9. The number of carbonyl (C=O) groups excluding carboxylic acids is 2. The zero-order valence-corrected chi connectivity index (χ0v) is 21.7. The average molecular weight is 486 g/mol. The zero-order chi connectivity index (χ0) is 25.4. The number of esters is 1. The van der Waals surface area contributed by atoms with Crippen LogP contribution in [0.3, 0.4) is 0 Å². The Labute approximate surface area is 203 Å². The Bertz CT molecular complexity index is 1180. The molecule has 8 heteroatoms. The molecule has 0 N–H and O–H groups in total. The van der Waals surface area contributed by atoms with Crippen LogP contribution in [-0.2, 0) is 29.9 Å². The molecule has 1 aliphatic rings. The molecule has 34 heavy (non-hydrogen) atoms. The highest BCUT2D eigenvalue weighted by Crippen LogP contribution is 2.43. The van der Waals surface area contributed by atoms with Gasteiger partial charge in [-0.2, -0.15) is 0 Å². The van der Waals surface area contributed by atoms with E-state index in [0.29, 0.717) is 10.5 Å². The van der Waals surface area contributed by atoms with Gasteiger partial charge in [0.15, 0.2) is 6.29 Å². The molecule has 0 aromatic heterocycles. The Hall–Kier alpha value is -2.81. The first-order valence-corrected chi connectivity index (χ1v) is 12.5. The van der Waals surface area contributed by atoms with Crippen LogP contribution < -0.4 is 0 Å².